The molecule has 11 nitrogen and oxygen atoms in total. The van der Waals surface area contributed by atoms with Crippen LogP contribution in [0.15, 0.2) is 72.5 Å². The highest BCUT2D eigenvalue weighted by Gasteiger charge is 2.37. The molecule has 5 rings (SSSR count). The number of allylic oxidation sites excluding steroid dienone is 1. The summed E-state index contributed by atoms with van der Waals surface area (Å²) in [4.78, 5) is 52.5. The van der Waals surface area contributed by atoms with Crippen molar-refractivity contribution >= 4 is 46.7 Å². The van der Waals surface area contributed by atoms with Gasteiger partial charge in [-0.2, -0.15) is 0 Å². The molecule has 3 amide bonds. The number of nitrogens with zero attached hydrogens (tertiary/aromatic N) is 1. The number of hydrogen-bond acceptors (Lipinski definition) is 9. The summed E-state index contributed by atoms with van der Waals surface area (Å²) < 4.78 is 21.8. The van der Waals surface area contributed by atoms with Crippen LogP contribution in [0.1, 0.15) is 54.5 Å². The number of nitrogens with one attached hydrogen (secondary N) is 1. The highest BCUT2D eigenvalue weighted by atomic mass is 35.5. The van der Waals surface area contributed by atoms with E-state index in [0.717, 1.165) is 10.5 Å². The van der Waals surface area contributed by atoms with Crippen LogP contribution in [0.2, 0.25) is 5.02 Å². The number of amides is 3. The SMILES string of the molecule is COC(=O)c1ccc(C2C=C(C(=O)Nc3ccc(N4C(=O)c5ccc(Cl)cc5C4=O)c(C)c3)OC(OCCOCCO)C2)cc1. The number of fused-ring (bicyclic) bond motifs is 1. The minimum Gasteiger partial charge on any atom is -0.465 e. The minimum atomic E-state index is -0.773. The molecule has 0 fully saturated rings. The predicted octanol–water partition coefficient (Wildman–Crippen LogP) is 4.61. The molecule has 3 aromatic carbocycles. The fourth-order valence-electron chi connectivity index (χ4n) is 5.15. The second-order valence-electron chi connectivity index (χ2n) is 10.3. The van der Waals surface area contributed by atoms with Crippen molar-refractivity contribution in [2.45, 2.75) is 25.6 Å². The number of anilines is 2. The van der Waals surface area contributed by atoms with Crippen LogP contribution in [0.4, 0.5) is 11.4 Å². The molecule has 0 spiro atoms. The number of imide groups is 1. The summed E-state index contributed by atoms with van der Waals surface area (Å²) in [5, 5.41) is 12.1. The van der Waals surface area contributed by atoms with Crippen molar-refractivity contribution in [1.82, 2.24) is 0 Å². The number of ether oxygens (including phenoxy) is 4. The van der Waals surface area contributed by atoms with Crippen LogP contribution in [-0.2, 0) is 23.7 Å². The molecule has 234 valence electrons. The number of esters is 1. The summed E-state index contributed by atoms with van der Waals surface area (Å²) in [6.45, 7) is 2.21. The van der Waals surface area contributed by atoms with E-state index in [1.54, 1.807) is 61.5 Å². The van der Waals surface area contributed by atoms with Crippen LogP contribution in [0.25, 0.3) is 0 Å². The van der Waals surface area contributed by atoms with Crippen LogP contribution >= 0.6 is 11.6 Å². The van der Waals surface area contributed by atoms with Crippen molar-refractivity contribution in [3.63, 3.8) is 0 Å². The summed E-state index contributed by atoms with van der Waals surface area (Å²) in [6, 6.07) is 16.3. The van der Waals surface area contributed by atoms with E-state index in [9.17, 15) is 19.2 Å². The lowest BCUT2D eigenvalue weighted by molar-refractivity contribution is -0.148. The van der Waals surface area contributed by atoms with Crippen molar-refractivity contribution in [2.24, 2.45) is 0 Å². The molecule has 0 aliphatic carbocycles. The van der Waals surface area contributed by atoms with Crippen LogP contribution in [0.3, 0.4) is 0 Å². The van der Waals surface area contributed by atoms with E-state index in [0.29, 0.717) is 33.9 Å². The van der Waals surface area contributed by atoms with Crippen LogP contribution in [-0.4, -0.2) is 68.6 Å². The maximum Gasteiger partial charge on any atom is 0.337 e. The standard InChI is InChI=1S/C33H31ClN2O9/c1-19-15-24(8-10-27(19)36-31(39)25-9-7-23(34)18-26(25)32(36)40)35-30(38)28-16-22(17-29(45-28)44-14-13-43-12-11-37)20-3-5-21(6-4-20)33(41)42-2/h3-10,15-16,18,22,29,37H,11-14,17H2,1-2H3,(H,35,38). The van der Waals surface area contributed by atoms with E-state index in [2.05, 4.69) is 5.32 Å². The van der Waals surface area contributed by atoms with E-state index < -0.39 is 30.0 Å². The summed E-state index contributed by atoms with van der Waals surface area (Å²) >= 11 is 6.04. The predicted molar refractivity (Wildman–Crippen MR) is 164 cm³/mol. The lowest BCUT2D eigenvalue weighted by Gasteiger charge is -2.29. The van der Waals surface area contributed by atoms with Crippen molar-refractivity contribution < 1.29 is 43.2 Å². The largest absolute Gasteiger partial charge is 0.465 e. The minimum absolute atomic E-state index is 0.0310. The normalized spacial score (nSPS) is 17.4. The number of aryl methyl sites for hydroxylation is 1. The Hall–Kier alpha value is -4.55. The topological polar surface area (TPSA) is 141 Å². The number of methoxy groups -OCH3 is 1. The molecule has 45 heavy (non-hydrogen) atoms. The third-order valence-electron chi connectivity index (χ3n) is 7.35. The average molecular weight is 635 g/mol. The molecule has 2 aliphatic rings. The molecule has 2 N–H and O–H groups in total. The first-order valence-corrected chi connectivity index (χ1v) is 14.5. The number of carbonyl (C=O) groups is 4. The first-order valence-electron chi connectivity index (χ1n) is 14.2. The van der Waals surface area contributed by atoms with Gasteiger partial charge in [-0.3, -0.25) is 14.4 Å². The highest BCUT2D eigenvalue weighted by molar-refractivity contribution is 6.37. The van der Waals surface area contributed by atoms with Crippen LogP contribution < -0.4 is 10.2 Å². The number of halogens is 1. The second-order valence-corrected chi connectivity index (χ2v) is 10.8. The smallest absolute Gasteiger partial charge is 0.337 e. The molecule has 2 heterocycles. The van der Waals surface area contributed by atoms with Gasteiger partial charge in [0.15, 0.2) is 5.76 Å². The van der Waals surface area contributed by atoms with Gasteiger partial charge in [-0.15, -0.1) is 0 Å². The van der Waals surface area contributed by atoms with Gasteiger partial charge in [0.05, 0.1) is 55.9 Å². The number of aliphatic hydroxyl groups excluding tert-OH is 1. The monoisotopic (exact) mass is 634 g/mol. The summed E-state index contributed by atoms with van der Waals surface area (Å²) in [6.07, 6.45) is 1.31. The summed E-state index contributed by atoms with van der Waals surface area (Å²) in [5.41, 5.74) is 3.13. The third kappa shape index (κ3) is 7.07. The van der Waals surface area contributed by atoms with Gasteiger partial charge in [-0.05, 0) is 72.7 Å². The van der Waals surface area contributed by atoms with E-state index >= 15 is 0 Å². The third-order valence-corrected chi connectivity index (χ3v) is 7.59. The maximum absolute atomic E-state index is 13.4. The molecule has 2 aliphatic heterocycles. The molecule has 0 saturated carbocycles. The lowest BCUT2D eigenvalue weighted by atomic mass is 9.92. The number of hydrogen-bond donors (Lipinski definition) is 2. The molecular weight excluding hydrogens is 604 g/mol. The quantitative estimate of drug-likeness (QED) is 0.176. The molecule has 2 unspecified atom stereocenters. The van der Waals surface area contributed by atoms with E-state index in [1.165, 1.54) is 19.2 Å². The van der Waals surface area contributed by atoms with Gasteiger partial charge in [0.2, 0.25) is 6.29 Å². The van der Waals surface area contributed by atoms with Crippen molar-refractivity contribution in [1.29, 1.82) is 0 Å². The first-order chi connectivity index (χ1) is 21.7. The van der Waals surface area contributed by atoms with Gasteiger partial charge in [0.25, 0.3) is 17.7 Å². The number of carbonyl (C=O) groups excluding carboxylic acids is 4. The molecule has 0 saturated heterocycles. The highest BCUT2D eigenvalue weighted by Crippen LogP contribution is 2.35. The number of rotatable bonds is 11. The maximum atomic E-state index is 13.4. The van der Waals surface area contributed by atoms with Crippen molar-refractivity contribution in [3.05, 3.63) is 105 Å². The molecule has 3 aromatic rings. The van der Waals surface area contributed by atoms with E-state index in [-0.39, 0.29) is 49.2 Å². The van der Waals surface area contributed by atoms with Gasteiger partial charge < -0.3 is 29.4 Å². The van der Waals surface area contributed by atoms with Gasteiger partial charge in [0, 0.05) is 23.0 Å². The Morgan fingerprint density at radius 1 is 1.00 bits per heavy atom. The zero-order chi connectivity index (χ0) is 32.1. The van der Waals surface area contributed by atoms with Gasteiger partial charge in [-0.1, -0.05) is 23.7 Å². The molecule has 12 heteroatoms. The molecule has 0 bridgehead atoms. The summed E-state index contributed by atoms with van der Waals surface area (Å²) in [5.74, 6) is -2.16. The molecule has 0 aromatic heterocycles. The number of benzene rings is 3. The lowest BCUT2D eigenvalue weighted by Crippen LogP contribution is -2.31. The Bertz CT molecular complexity index is 1650. The first kappa shape index (κ1) is 31.9. The van der Waals surface area contributed by atoms with Crippen LogP contribution in [0, 0.1) is 6.92 Å². The van der Waals surface area contributed by atoms with Crippen molar-refractivity contribution in [2.75, 3.05) is 43.8 Å². The Morgan fingerprint density at radius 2 is 1.76 bits per heavy atom. The van der Waals surface area contributed by atoms with Gasteiger partial charge in [0.1, 0.15) is 0 Å². The molecule has 2 atom stereocenters. The van der Waals surface area contributed by atoms with Gasteiger partial charge in [-0.25, -0.2) is 9.69 Å². The molecular formula is C33H31ClN2O9. The van der Waals surface area contributed by atoms with E-state index in [1.807, 2.05) is 0 Å². The fraction of sp³-hybridized carbons (Fsp3) is 0.273. The molecule has 0 radical (unpaired) electrons. The zero-order valence-electron chi connectivity index (χ0n) is 24.6. The Kier molecular flexibility index (Phi) is 9.94. The van der Waals surface area contributed by atoms with Crippen LogP contribution in [0.5, 0.6) is 0 Å². The van der Waals surface area contributed by atoms with E-state index in [4.69, 9.17) is 35.7 Å². The zero-order valence-corrected chi connectivity index (χ0v) is 25.3. The van der Waals surface area contributed by atoms with Crippen molar-refractivity contribution in [3.8, 4) is 0 Å². The Labute approximate surface area is 264 Å². The second kappa shape index (κ2) is 14.0. The number of aliphatic hydroxyl groups is 1. The Morgan fingerprint density at radius 3 is 2.47 bits per heavy atom. The van der Waals surface area contributed by atoms with Gasteiger partial charge >= 0.3 is 5.97 Å². The fourth-order valence-corrected chi connectivity index (χ4v) is 5.32. The average Bonchev–Trinajstić information content (AvgIpc) is 3.28. The summed E-state index contributed by atoms with van der Waals surface area (Å²) in [7, 11) is 1.31. The Balaban J connectivity index is 1.33.